The minimum absolute atomic E-state index is 0.645. The number of ether oxygens (including phenoxy) is 2. The van der Waals surface area contributed by atoms with Gasteiger partial charge in [-0.3, -0.25) is 0 Å². The first-order valence-electron chi connectivity index (χ1n) is 7.45. The average Bonchev–Trinajstić information content (AvgIpc) is 3.00. The molecule has 0 spiro atoms. The lowest BCUT2D eigenvalue weighted by molar-refractivity contribution is 0.279. The Morgan fingerprint density at radius 1 is 1.10 bits per heavy atom. The zero-order chi connectivity index (χ0) is 14.9. The van der Waals surface area contributed by atoms with Crippen molar-refractivity contribution in [3.8, 4) is 11.5 Å². The molecule has 1 aromatic heterocycles. The van der Waals surface area contributed by atoms with Gasteiger partial charge in [-0.05, 0) is 42.6 Å². The van der Waals surface area contributed by atoms with E-state index in [1.807, 2.05) is 13.0 Å². The van der Waals surface area contributed by atoms with Crippen molar-refractivity contribution in [2.75, 3.05) is 19.8 Å². The maximum absolute atomic E-state index is 5.88. The van der Waals surface area contributed by atoms with Crippen LogP contribution in [0.5, 0.6) is 11.5 Å². The summed E-state index contributed by atoms with van der Waals surface area (Å²) in [6.45, 7) is 7.23. The van der Waals surface area contributed by atoms with Gasteiger partial charge in [-0.1, -0.05) is 19.1 Å². The minimum Gasteiger partial charge on any atom is -0.490 e. The van der Waals surface area contributed by atoms with E-state index in [-0.39, 0.29) is 0 Å². The van der Waals surface area contributed by atoms with Crippen molar-refractivity contribution in [3.63, 3.8) is 0 Å². The fourth-order valence-corrected chi connectivity index (χ4v) is 2.73. The van der Waals surface area contributed by atoms with Gasteiger partial charge in [0.15, 0.2) is 11.5 Å². The fraction of sp³-hybridized carbons (Fsp3) is 0.412. The van der Waals surface area contributed by atoms with E-state index in [0.717, 1.165) is 31.0 Å². The molecule has 0 radical (unpaired) electrons. The molecule has 0 aliphatic rings. The van der Waals surface area contributed by atoms with Crippen molar-refractivity contribution in [3.05, 3.63) is 46.2 Å². The summed E-state index contributed by atoms with van der Waals surface area (Å²) in [4.78, 5) is 1.34. The highest BCUT2D eigenvalue weighted by atomic mass is 32.1. The Morgan fingerprint density at radius 3 is 2.71 bits per heavy atom. The first kappa shape index (κ1) is 15.9. The van der Waals surface area contributed by atoms with Crippen molar-refractivity contribution in [1.29, 1.82) is 0 Å². The van der Waals surface area contributed by atoms with Gasteiger partial charge in [0.2, 0.25) is 0 Å². The Kier molecular flexibility index (Phi) is 6.57. The molecule has 21 heavy (non-hydrogen) atoms. The van der Waals surface area contributed by atoms with Crippen molar-refractivity contribution >= 4 is 11.3 Å². The van der Waals surface area contributed by atoms with Gasteiger partial charge < -0.3 is 14.8 Å². The van der Waals surface area contributed by atoms with Gasteiger partial charge in [0.1, 0.15) is 0 Å². The summed E-state index contributed by atoms with van der Waals surface area (Å²) in [5.41, 5.74) is 1.21. The number of rotatable bonds is 9. The van der Waals surface area contributed by atoms with E-state index in [9.17, 15) is 0 Å². The summed E-state index contributed by atoms with van der Waals surface area (Å²) in [7, 11) is 0. The molecule has 2 aromatic rings. The molecule has 2 rings (SSSR count). The highest BCUT2D eigenvalue weighted by molar-refractivity contribution is 7.09. The molecule has 1 aromatic carbocycles. The zero-order valence-corrected chi connectivity index (χ0v) is 13.5. The second-order valence-corrected chi connectivity index (χ2v) is 5.70. The predicted molar refractivity (Wildman–Crippen MR) is 88.5 cm³/mol. The van der Waals surface area contributed by atoms with E-state index in [1.165, 1.54) is 10.4 Å². The number of nitrogens with one attached hydrogen (secondary N) is 1. The zero-order valence-electron chi connectivity index (χ0n) is 12.7. The molecule has 0 saturated heterocycles. The van der Waals surface area contributed by atoms with Crippen LogP contribution in [0.2, 0.25) is 0 Å². The van der Waals surface area contributed by atoms with E-state index < -0.39 is 0 Å². The summed E-state index contributed by atoms with van der Waals surface area (Å²) < 4.78 is 11.6. The third-order valence-corrected chi connectivity index (χ3v) is 4.01. The highest BCUT2D eigenvalue weighted by Gasteiger charge is 2.07. The highest BCUT2D eigenvalue weighted by Crippen LogP contribution is 2.28. The molecular formula is C17H23NO2S. The number of hydrogen-bond acceptors (Lipinski definition) is 4. The molecule has 0 amide bonds. The van der Waals surface area contributed by atoms with Gasteiger partial charge in [0.25, 0.3) is 0 Å². The molecule has 3 nitrogen and oxygen atoms in total. The van der Waals surface area contributed by atoms with Gasteiger partial charge in [-0.2, -0.15) is 0 Å². The van der Waals surface area contributed by atoms with E-state index in [1.54, 1.807) is 11.3 Å². The Hall–Kier alpha value is -1.52. The van der Waals surface area contributed by atoms with E-state index in [4.69, 9.17) is 9.47 Å². The molecule has 0 aliphatic heterocycles. The van der Waals surface area contributed by atoms with Crippen LogP contribution in [-0.4, -0.2) is 19.8 Å². The van der Waals surface area contributed by atoms with Crippen LogP contribution in [0, 0.1) is 0 Å². The van der Waals surface area contributed by atoms with Crippen LogP contribution >= 0.6 is 11.3 Å². The van der Waals surface area contributed by atoms with E-state index >= 15 is 0 Å². The smallest absolute Gasteiger partial charge is 0.161 e. The summed E-state index contributed by atoms with van der Waals surface area (Å²) in [5.74, 6) is 1.66. The van der Waals surface area contributed by atoms with Crippen LogP contribution in [0.25, 0.3) is 0 Å². The van der Waals surface area contributed by atoms with Gasteiger partial charge >= 0.3 is 0 Å². The summed E-state index contributed by atoms with van der Waals surface area (Å²) in [5, 5.41) is 5.41. The Balaban J connectivity index is 1.96. The van der Waals surface area contributed by atoms with Crippen molar-refractivity contribution < 1.29 is 9.47 Å². The molecule has 4 heteroatoms. The first-order valence-corrected chi connectivity index (χ1v) is 8.33. The minimum atomic E-state index is 0.645. The Morgan fingerprint density at radius 2 is 2.00 bits per heavy atom. The topological polar surface area (TPSA) is 30.5 Å². The monoisotopic (exact) mass is 305 g/mol. The van der Waals surface area contributed by atoms with Crippen LogP contribution < -0.4 is 14.8 Å². The van der Waals surface area contributed by atoms with Crippen molar-refractivity contribution in [1.82, 2.24) is 5.32 Å². The predicted octanol–water partition coefficient (Wildman–Crippen LogP) is 3.88. The van der Waals surface area contributed by atoms with Crippen LogP contribution in [-0.2, 0) is 13.0 Å². The molecule has 0 fully saturated rings. The molecule has 1 N–H and O–H groups in total. The quantitative estimate of drug-likeness (QED) is 0.762. The lowest BCUT2D eigenvalue weighted by Crippen LogP contribution is -2.12. The van der Waals surface area contributed by atoms with Crippen molar-refractivity contribution in [2.45, 2.75) is 26.8 Å². The van der Waals surface area contributed by atoms with Crippen LogP contribution in [0.3, 0.4) is 0 Å². The lowest BCUT2D eigenvalue weighted by atomic mass is 10.2. The number of thiophene rings is 1. The Bertz CT molecular complexity index is 526. The van der Waals surface area contributed by atoms with Crippen LogP contribution in [0.4, 0.5) is 0 Å². The number of benzene rings is 1. The van der Waals surface area contributed by atoms with E-state index in [2.05, 4.69) is 41.9 Å². The Labute approximate surface area is 130 Å². The molecular weight excluding hydrogens is 282 g/mol. The van der Waals surface area contributed by atoms with Gasteiger partial charge in [-0.15, -0.1) is 11.3 Å². The molecule has 0 aliphatic carbocycles. The normalized spacial score (nSPS) is 10.6. The number of hydrogen-bond donors (Lipinski definition) is 1. The summed E-state index contributed by atoms with van der Waals surface area (Å²) in [6.07, 6.45) is 0.933. The van der Waals surface area contributed by atoms with Gasteiger partial charge in [0, 0.05) is 17.8 Å². The third-order valence-electron chi connectivity index (χ3n) is 3.07. The summed E-state index contributed by atoms with van der Waals surface area (Å²) in [6, 6.07) is 10.4. The van der Waals surface area contributed by atoms with E-state index in [0.29, 0.717) is 13.2 Å². The molecule has 1 heterocycles. The second-order valence-electron chi connectivity index (χ2n) is 4.67. The summed E-state index contributed by atoms with van der Waals surface area (Å²) >= 11 is 1.76. The molecule has 0 saturated carbocycles. The largest absolute Gasteiger partial charge is 0.490 e. The maximum Gasteiger partial charge on any atom is 0.161 e. The lowest BCUT2D eigenvalue weighted by Gasteiger charge is -2.13. The maximum atomic E-state index is 5.88. The third kappa shape index (κ3) is 5.06. The average molecular weight is 305 g/mol. The standard InChI is InChI=1S/C17H23NO2S/c1-3-18-13-14-7-8-16(17(12-14)19-4-2)20-10-9-15-6-5-11-21-15/h5-8,11-12,18H,3-4,9-10,13H2,1-2H3. The van der Waals surface area contributed by atoms with Gasteiger partial charge in [0.05, 0.1) is 13.2 Å². The molecule has 0 unspecified atom stereocenters. The molecule has 114 valence electrons. The van der Waals surface area contributed by atoms with Crippen LogP contribution in [0.15, 0.2) is 35.7 Å². The molecule has 0 atom stereocenters. The van der Waals surface area contributed by atoms with Crippen LogP contribution in [0.1, 0.15) is 24.3 Å². The SMILES string of the molecule is CCNCc1ccc(OCCc2cccs2)c(OCC)c1. The second kappa shape index (κ2) is 8.70. The van der Waals surface area contributed by atoms with Gasteiger partial charge in [-0.25, -0.2) is 0 Å². The fourth-order valence-electron chi connectivity index (χ4n) is 2.04. The van der Waals surface area contributed by atoms with Crippen molar-refractivity contribution in [2.24, 2.45) is 0 Å². The molecule has 0 bridgehead atoms. The first-order chi connectivity index (χ1) is 10.3.